The van der Waals surface area contributed by atoms with Crippen molar-refractivity contribution < 1.29 is 9.47 Å². The van der Waals surface area contributed by atoms with E-state index in [1.807, 2.05) is 6.07 Å². The molecule has 1 aliphatic carbocycles. The molecule has 1 saturated carbocycles. The predicted octanol–water partition coefficient (Wildman–Crippen LogP) is 3.84. The van der Waals surface area contributed by atoms with Crippen molar-refractivity contribution in [1.29, 1.82) is 0 Å². The Balaban J connectivity index is 0.00000312. The number of halogens is 1. The van der Waals surface area contributed by atoms with Crippen LogP contribution in [0.2, 0.25) is 0 Å². The Morgan fingerprint density at radius 1 is 1.16 bits per heavy atom. The van der Waals surface area contributed by atoms with Crippen LogP contribution >= 0.6 is 24.0 Å². The maximum absolute atomic E-state index is 6.01. The zero-order chi connectivity index (χ0) is 17.4. The first-order chi connectivity index (χ1) is 11.6. The lowest BCUT2D eigenvalue weighted by Crippen LogP contribution is -2.37. The molecule has 0 atom stereocenters. The van der Waals surface area contributed by atoms with E-state index in [4.69, 9.17) is 15.2 Å². The van der Waals surface area contributed by atoms with Crippen LogP contribution in [0.5, 0.6) is 11.5 Å². The number of hydrogen-bond acceptors (Lipinski definition) is 3. The van der Waals surface area contributed by atoms with Gasteiger partial charge in [-0.1, -0.05) is 32.3 Å². The van der Waals surface area contributed by atoms with E-state index in [2.05, 4.69) is 29.4 Å². The van der Waals surface area contributed by atoms with Gasteiger partial charge in [-0.2, -0.15) is 0 Å². The third kappa shape index (κ3) is 5.66. The van der Waals surface area contributed by atoms with Gasteiger partial charge in [0.15, 0.2) is 17.5 Å². The predicted molar refractivity (Wildman–Crippen MR) is 115 cm³/mol. The summed E-state index contributed by atoms with van der Waals surface area (Å²) in [5.41, 5.74) is 7.32. The number of nitrogens with two attached hydrogens (primary N) is 1. The summed E-state index contributed by atoms with van der Waals surface area (Å²) in [6, 6.07) is 6.25. The third-order valence-corrected chi connectivity index (χ3v) is 4.91. The number of benzene rings is 1. The summed E-state index contributed by atoms with van der Waals surface area (Å²) in [7, 11) is 3.35. The van der Waals surface area contributed by atoms with Gasteiger partial charge in [0.2, 0.25) is 0 Å². The summed E-state index contributed by atoms with van der Waals surface area (Å²) in [5.74, 6) is 2.09. The minimum absolute atomic E-state index is 0. The minimum Gasteiger partial charge on any atom is -0.493 e. The molecule has 1 aromatic rings. The molecule has 0 aliphatic heterocycles. The molecule has 6 heteroatoms. The van der Waals surface area contributed by atoms with Crippen molar-refractivity contribution in [3.05, 3.63) is 23.8 Å². The fraction of sp³-hybridized carbons (Fsp3) is 0.632. The quantitative estimate of drug-likeness (QED) is 0.368. The lowest BCUT2D eigenvalue weighted by atomic mass is 9.69. The Labute approximate surface area is 168 Å². The van der Waals surface area contributed by atoms with Crippen molar-refractivity contribution in [2.75, 3.05) is 27.3 Å². The lowest BCUT2D eigenvalue weighted by molar-refractivity contribution is 0.298. The average molecular weight is 461 g/mol. The molecule has 0 radical (unpaired) electrons. The SMILES string of the molecule is CCCNC(N)=NCC1(c2ccc(OC)c(OC)c2)CCCCC1.I. The molecule has 1 aromatic carbocycles. The van der Waals surface area contributed by atoms with Gasteiger partial charge < -0.3 is 20.5 Å². The summed E-state index contributed by atoms with van der Waals surface area (Å²) in [6.07, 6.45) is 7.05. The Bertz CT molecular complexity index is 558. The van der Waals surface area contributed by atoms with Crippen LogP contribution < -0.4 is 20.5 Å². The second kappa shape index (κ2) is 10.7. The highest BCUT2D eigenvalue weighted by atomic mass is 127. The molecule has 5 nitrogen and oxygen atoms in total. The summed E-state index contributed by atoms with van der Waals surface area (Å²) >= 11 is 0. The highest BCUT2D eigenvalue weighted by Crippen LogP contribution is 2.42. The largest absolute Gasteiger partial charge is 0.493 e. The van der Waals surface area contributed by atoms with Crippen molar-refractivity contribution >= 4 is 29.9 Å². The van der Waals surface area contributed by atoms with Crippen molar-refractivity contribution in [3.63, 3.8) is 0 Å². The first-order valence-electron chi connectivity index (χ1n) is 8.91. The summed E-state index contributed by atoms with van der Waals surface area (Å²) in [5, 5.41) is 3.16. The van der Waals surface area contributed by atoms with Crippen LogP contribution in [0.15, 0.2) is 23.2 Å². The van der Waals surface area contributed by atoms with Crippen LogP contribution in [0.3, 0.4) is 0 Å². The van der Waals surface area contributed by atoms with E-state index in [-0.39, 0.29) is 29.4 Å². The van der Waals surface area contributed by atoms with Gasteiger partial charge in [-0.3, -0.25) is 4.99 Å². The molecule has 1 aliphatic rings. The molecule has 0 bridgehead atoms. The third-order valence-electron chi connectivity index (χ3n) is 4.91. The van der Waals surface area contributed by atoms with E-state index < -0.39 is 0 Å². The van der Waals surface area contributed by atoms with Crippen molar-refractivity contribution in [1.82, 2.24) is 5.32 Å². The molecule has 0 heterocycles. The molecular weight excluding hydrogens is 429 g/mol. The van der Waals surface area contributed by atoms with Crippen molar-refractivity contribution in [2.24, 2.45) is 10.7 Å². The van der Waals surface area contributed by atoms with Gasteiger partial charge in [0.25, 0.3) is 0 Å². The molecule has 0 saturated heterocycles. The van der Waals surface area contributed by atoms with E-state index >= 15 is 0 Å². The Morgan fingerprint density at radius 3 is 2.44 bits per heavy atom. The molecule has 0 aromatic heterocycles. The normalized spacial score (nSPS) is 16.7. The number of ether oxygens (including phenoxy) is 2. The number of aliphatic imine (C=N–C) groups is 1. The topological polar surface area (TPSA) is 68.9 Å². The monoisotopic (exact) mass is 461 g/mol. The number of methoxy groups -OCH3 is 2. The molecule has 2 rings (SSSR count). The van der Waals surface area contributed by atoms with Gasteiger partial charge in [-0.05, 0) is 37.0 Å². The number of nitrogens with one attached hydrogen (secondary N) is 1. The Kier molecular flexibility index (Phi) is 9.38. The van der Waals surface area contributed by atoms with Gasteiger partial charge in [-0.25, -0.2) is 0 Å². The zero-order valence-electron chi connectivity index (χ0n) is 15.6. The smallest absolute Gasteiger partial charge is 0.188 e. The Hall–Kier alpha value is -1.18. The lowest BCUT2D eigenvalue weighted by Gasteiger charge is -2.37. The maximum atomic E-state index is 6.01. The number of hydrogen-bond donors (Lipinski definition) is 2. The number of nitrogens with zero attached hydrogens (tertiary/aromatic N) is 1. The standard InChI is InChI=1S/C19H31N3O2.HI/c1-4-12-21-18(20)22-14-19(10-6-5-7-11-19)15-8-9-16(23-2)17(13-15)24-3;/h8-9,13H,4-7,10-12,14H2,1-3H3,(H3,20,21,22);1H. The van der Waals surface area contributed by atoms with Gasteiger partial charge in [0, 0.05) is 12.0 Å². The second-order valence-electron chi connectivity index (χ2n) is 6.54. The molecule has 0 amide bonds. The van der Waals surface area contributed by atoms with Crippen LogP contribution in [0.25, 0.3) is 0 Å². The highest BCUT2D eigenvalue weighted by molar-refractivity contribution is 14.0. The molecule has 142 valence electrons. The van der Waals surface area contributed by atoms with E-state index in [0.29, 0.717) is 12.5 Å². The highest BCUT2D eigenvalue weighted by Gasteiger charge is 2.34. The van der Waals surface area contributed by atoms with Gasteiger partial charge >= 0.3 is 0 Å². The van der Waals surface area contributed by atoms with Crippen LogP contribution in [0.4, 0.5) is 0 Å². The maximum Gasteiger partial charge on any atom is 0.188 e. The molecule has 0 spiro atoms. The second-order valence-corrected chi connectivity index (χ2v) is 6.54. The summed E-state index contributed by atoms with van der Waals surface area (Å²) in [6.45, 7) is 3.69. The van der Waals surface area contributed by atoms with Gasteiger partial charge in [0.1, 0.15) is 0 Å². The van der Waals surface area contributed by atoms with Crippen molar-refractivity contribution in [2.45, 2.75) is 50.9 Å². The number of rotatable bonds is 7. The van der Waals surface area contributed by atoms with Crippen LogP contribution in [-0.2, 0) is 5.41 Å². The van der Waals surface area contributed by atoms with Crippen LogP contribution in [0.1, 0.15) is 51.0 Å². The van der Waals surface area contributed by atoms with Gasteiger partial charge in [-0.15, -0.1) is 24.0 Å². The van der Waals surface area contributed by atoms with E-state index in [0.717, 1.165) is 37.3 Å². The van der Waals surface area contributed by atoms with Gasteiger partial charge in [0.05, 0.1) is 20.8 Å². The van der Waals surface area contributed by atoms with E-state index in [9.17, 15) is 0 Å². The average Bonchev–Trinajstić information content (AvgIpc) is 2.64. The van der Waals surface area contributed by atoms with E-state index in [1.165, 1.54) is 24.8 Å². The van der Waals surface area contributed by atoms with Crippen LogP contribution in [0, 0.1) is 0 Å². The van der Waals surface area contributed by atoms with E-state index in [1.54, 1.807) is 14.2 Å². The van der Waals surface area contributed by atoms with Crippen molar-refractivity contribution in [3.8, 4) is 11.5 Å². The fourth-order valence-electron chi connectivity index (χ4n) is 3.48. The molecule has 0 unspecified atom stereocenters. The summed E-state index contributed by atoms with van der Waals surface area (Å²) < 4.78 is 10.9. The fourth-order valence-corrected chi connectivity index (χ4v) is 3.48. The minimum atomic E-state index is 0. The molecule has 25 heavy (non-hydrogen) atoms. The number of guanidine groups is 1. The van der Waals surface area contributed by atoms with Crippen LogP contribution in [-0.4, -0.2) is 33.3 Å². The molecule has 3 N–H and O–H groups in total. The first kappa shape index (κ1) is 21.9. The molecule has 1 fully saturated rings. The Morgan fingerprint density at radius 2 is 1.84 bits per heavy atom. The molecular formula is C19H32IN3O2. The summed E-state index contributed by atoms with van der Waals surface area (Å²) in [4.78, 5) is 4.64. The zero-order valence-corrected chi connectivity index (χ0v) is 18.0. The first-order valence-corrected chi connectivity index (χ1v) is 8.91.